The van der Waals surface area contributed by atoms with Gasteiger partial charge in [0.15, 0.2) is 5.82 Å². The first-order chi connectivity index (χ1) is 8.25. The molecule has 0 aromatic carbocycles. The van der Waals surface area contributed by atoms with Crippen LogP contribution >= 0.6 is 11.3 Å². The van der Waals surface area contributed by atoms with E-state index < -0.39 is 0 Å². The SMILES string of the molecule is CC(C)CNCc1cnc(-c2cncs2)nc1. The number of nitrogens with one attached hydrogen (secondary N) is 1. The molecule has 0 spiro atoms. The Morgan fingerprint density at radius 2 is 2.00 bits per heavy atom. The number of aromatic nitrogens is 3. The monoisotopic (exact) mass is 248 g/mol. The Morgan fingerprint density at radius 3 is 2.59 bits per heavy atom. The minimum Gasteiger partial charge on any atom is -0.312 e. The fourth-order valence-corrected chi connectivity index (χ4v) is 1.97. The van der Waals surface area contributed by atoms with Crippen LogP contribution in [-0.2, 0) is 6.54 Å². The van der Waals surface area contributed by atoms with Crippen LogP contribution in [0.5, 0.6) is 0 Å². The summed E-state index contributed by atoms with van der Waals surface area (Å²) in [6.45, 7) is 6.21. The van der Waals surface area contributed by atoms with E-state index in [0.717, 1.165) is 29.4 Å². The highest BCUT2D eigenvalue weighted by molar-refractivity contribution is 7.13. The zero-order valence-corrected chi connectivity index (χ0v) is 10.9. The van der Waals surface area contributed by atoms with Crippen LogP contribution in [0.25, 0.3) is 10.7 Å². The van der Waals surface area contributed by atoms with Crippen LogP contribution in [-0.4, -0.2) is 21.5 Å². The highest BCUT2D eigenvalue weighted by atomic mass is 32.1. The van der Waals surface area contributed by atoms with Crippen molar-refractivity contribution < 1.29 is 0 Å². The molecule has 2 heterocycles. The first kappa shape index (κ1) is 12.1. The molecule has 90 valence electrons. The molecule has 0 radical (unpaired) electrons. The zero-order valence-electron chi connectivity index (χ0n) is 10.1. The van der Waals surface area contributed by atoms with Gasteiger partial charge < -0.3 is 5.32 Å². The lowest BCUT2D eigenvalue weighted by Gasteiger charge is -2.06. The average molecular weight is 248 g/mol. The number of nitrogens with zero attached hydrogens (tertiary/aromatic N) is 3. The van der Waals surface area contributed by atoms with Gasteiger partial charge in [0.2, 0.25) is 0 Å². The van der Waals surface area contributed by atoms with Gasteiger partial charge in [0.1, 0.15) is 0 Å². The van der Waals surface area contributed by atoms with Crippen molar-refractivity contribution >= 4 is 11.3 Å². The van der Waals surface area contributed by atoms with Gasteiger partial charge in [-0.05, 0) is 12.5 Å². The molecule has 0 bridgehead atoms. The minimum absolute atomic E-state index is 0.660. The summed E-state index contributed by atoms with van der Waals surface area (Å²) >= 11 is 1.55. The van der Waals surface area contributed by atoms with Gasteiger partial charge in [-0.25, -0.2) is 9.97 Å². The van der Waals surface area contributed by atoms with Gasteiger partial charge in [-0.3, -0.25) is 4.98 Å². The van der Waals surface area contributed by atoms with Gasteiger partial charge in [-0.1, -0.05) is 13.8 Å². The molecular formula is C12H16N4S. The third-order valence-electron chi connectivity index (χ3n) is 2.24. The molecule has 4 nitrogen and oxygen atoms in total. The van der Waals surface area contributed by atoms with Crippen LogP contribution in [0, 0.1) is 5.92 Å². The van der Waals surface area contributed by atoms with Crippen molar-refractivity contribution in [3.8, 4) is 10.7 Å². The molecule has 0 amide bonds. The van der Waals surface area contributed by atoms with Gasteiger partial charge in [0.05, 0.1) is 10.4 Å². The molecule has 0 aliphatic carbocycles. The Morgan fingerprint density at radius 1 is 1.24 bits per heavy atom. The third-order valence-corrected chi connectivity index (χ3v) is 3.01. The number of thiazole rings is 1. The van der Waals surface area contributed by atoms with E-state index >= 15 is 0 Å². The van der Waals surface area contributed by atoms with Crippen molar-refractivity contribution in [3.63, 3.8) is 0 Å². The van der Waals surface area contributed by atoms with E-state index in [0.29, 0.717) is 5.92 Å². The second-order valence-corrected chi connectivity index (χ2v) is 5.19. The maximum absolute atomic E-state index is 4.34. The minimum atomic E-state index is 0.660. The summed E-state index contributed by atoms with van der Waals surface area (Å²) < 4.78 is 0. The average Bonchev–Trinajstić information content (AvgIpc) is 2.83. The van der Waals surface area contributed by atoms with Crippen LogP contribution in [0.2, 0.25) is 0 Å². The highest BCUT2D eigenvalue weighted by Crippen LogP contribution is 2.18. The summed E-state index contributed by atoms with van der Waals surface area (Å²) in [5, 5.41) is 3.37. The summed E-state index contributed by atoms with van der Waals surface area (Å²) in [7, 11) is 0. The molecule has 1 N–H and O–H groups in total. The second-order valence-electron chi connectivity index (χ2n) is 4.31. The Balaban J connectivity index is 1.94. The molecule has 5 heteroatoms. The molecule has 2 rings (SSSR count). The van der Waals surface area contributed by atoms with Gasteiger partial charge in [0.25, 0.3) is 0 Å². The largest absolute Gasteiger partial charge is 0.312 e. The van der Waals surface area contributed by atoms with Crippen LogP contribution < -0.4 is 5.32 Å². The molecule has 0 unspecified atom stereocenters. The van der Waals surface area contributed by atoms with E-state index in [4.69, 9.17) is 0 Å². The maximum atomic E-state index is 4.34. The highest BCUT2D eigenvalue weighted by Gasteiger charge is 2.02. The molecule has 0 saturated carbocycles. The van der Waals surface area contributed by atoms with Crippen molar-refractivity contribution in [2.75, 3.05) is 6.54 Å². The zero-order chi connectivity index (χ0) is 12.1. The summed E-state index contributed by atoms with van der Waals surface area (Å²) in [6.07, 6.45) is 5.53. The fraction of sp³-hybridized carbons (Fsp3) is 0.417. The third kappa shape index (κ3) is 3.57. The maximum Gasteiger partial charge on any atom is 0.171 e. The topological polar surface area (TPSA) is 50.7 Å². The summed E-state index contributed by atoms with van der Waals surface area (Å²) in [5.74, 6) is 1.41. The normalized spacial score (nSPS) is 11.0. The smallest absolute Gasteiger partial charge is 0.171 e. The number of hydrogen-bond acceptors (Lipinski definition) is 5. The summed E-state index contributed by atoms with van der Waals surface area (Å²) in [5.41, 5.74) is 2.90. The molecule has 0 saturated heterocycles. The van der Waals surface area contributed by atoms with Gasteiger partial charge >= 0.3 is 0 Å². The summed E-state index contributed by atoms with van der Waals surface area (Å²) in [4.78, 5) is 13.7. The Labute approximate surface area is 105 Å². The standard InChI is InChI=1S/C12H16N4S/c1-9(2)3-13-4-10-5-15-12(16-6-10)11-7-14-8-17-11/h5-9,13H,3-4H2,1-2H3. The van der Waals surface area contributed by atoms with Crippen molar-refractivity contribution in [1.82, 2.24) is 20.3 Å². The van der Waals surface area contributed by atoms with E-state index in [1.54, 1.807) is 23.0 Å². The van der Waals surface area contributed by atoms with Crippen LogP contribution in [0.3, 0.4) is 0 Å². The quantitative estimate of drug-likeness (QED) is 0.882. The fourth-order valence-electron chi connectivity index (χ4n) is 1.40. The van der Waals surface area contributed by atoms with Gasteiger partial charge in [0, 0.05) is 30.7 Å². The van der Waals surface area contributed by atoms with E-state index in [-0.39, 0.29) is 0 Å². The van der Waals surface area contributed by atoms with Crippen LogP contribution in [0.15, 0.2) is 24.1 Å². The second kappa shape index (κ2) is 5.84. The lowest BCUT2D eigenvalue weighted by Crippen LogP contribution is -2.19. The summed E-state index contributed by atoms with van der Waals surface area (Å²) in [6, 6.07) is 0. The molecular weight excluding hydrogens is 232 g/mol. The van der Waals surface area contributed by atoms with E-state index in [1.807, 2.05) is 12.4 Å². The van der Waals surface area contributed by atoms with Crippen molar-refractivity contribution in [3.05, 3.63) is 29.7 Å². The lowest BCUT2D eigenvalue weighted by atomic mass is 10.2. The predicted molar refractivity (Wildman–Crippen MR) is 69.7 cm³/mol. The first-order valence-corrected chi connectivity index (χ1v) is 6.54. The molecule has 0 aliphatic heterocycles. The molecule has 17 heavy (non-hydrogen) atoms. The van der Waals surface area contributed by atoms with Crippen molar-refractivity contribution in [2.24, 2.45) is 5.92 Å². The van der Waals surface area contributed by atoms with Gasteiger partial charge in [-0.2, -0.15) is 0 Å². The van der Waals surface area contributed by atoms with Crippen molar-refractivity contribution in [2.45, 2.75) is 20.4 Å². The molecule has 2 aromatic rings. The molecule has 0 atom stereocenters. The number of hydrogen-bond donors (Lipinski definition) is 1. The predicted octanol–water partition coefficient (Wildman–Crippen LogP) is 2.35. The van der Waals surface area contributed by atoms with E-state index in [2.05, 4.69) is 34.1 Å². The van der Waals surface area contributed by atoms with Crippen LogP contribution in [0.4, 0.5) is 0 Å². The van der Waals surface area contributed by atoms with Gasteiger partial charge in [-0.15, -0.1) is 11.3 Å². The Bertz CT molecular complexity index is 436. The first-order valence-electron chi connectivity index (χ1n) is 5.66. The van der Waals surface area contributed by atoms with Crippen LogP contribution in [0.1, 0.15) is 19.4 Å². The number of rotatable bonds is 5. The Hall–Kier alpha value is -1.33. The molecule has 0 fully saturated rings. The van der Waals surface area contributed by atoms with E-state index in [9.17, 15) is 0 Å². The van der Waals surface area contributed by atoms with Crippen molar-refractivity contribution in [1.29, 1.82) is 0 Å². The lowest BCUT2D eigenvalue weighted by molar-refractivity contribution is 0.551. The molecule has 2 aromatic heterocycles. The molecule has 0 aliphatic rings. The van der Waals surface area contributed by atoms with E-state index in [1.165, 1.54) is 0 Å². The Kier molecular flexibility index (Phi) is 4.17.